The number of carbonyl (C=O) groups excluding carboxylic acids is 1. The lowest BCUT2D eigenvalue weighted by molar-refractivity contribution is -0.0258. The summed E-state index contributed by atoms with van der Waals surface area (Å²) in [5, 5.41) is 3.44. The maximum atomic E-state index is 13.2. The van der Waals surface area contributed by atoms with Crippen molar-refractivity contribution in [3.8, 4) is 0 Å². The number of likely N-dealkylation sites (tertiary alicyclic amines) is 1. The van der Waals surface area contributed by atoms with Crippen LogP contribution in [-0.2, 0) is 5.41 Å². The molecule has 4 aliphatic carbocycles. The third-order valence-electron chi connectivity index (χ3n) is 10.3. The fourth-order valence-electron chi connectivity index (χ4n) is 8.71. The molecule has 174 valence electrons. The molecule has 6 rings (SSSR count). The van der Waals surface area contributed by atoms with Gasteiger partial charge in [-0.3, -0.25) is 0 Å². The van der Waals surface area contributed by atoms with Gasteiger partial charge in [0.05, 0.1) is 6.04 Å². The second kappa shape index (κ2) is 7.22. The Morgan fingerprint density at radius 2 is 1.75 bits per heavy atom. The molecule has 5 atom stereocenters. The zero-order chi connectivity index (χ0) is 22.3. The van der Waals surface area contributed by atoms with Gasteiger partial charge in [0.15, 0.2) is 0 Å². The summed E-state index contributed by atoms with van der Waals surface area (Å²) in [6.45, 7) is 10.9. The molecule has 0 radical (unpaired) electrons. The Kier molecular flexibility index (Phi) is 4.74. The highest BCUT2D eigenvalue weighted by atomic mass is 16.2. The van der Waals surface area contributed by atoms with Crippen LogP contribution in [0.25, 0.3) is 0 Å². The maximum Gasteiger partial charge on any atom is 0.318 e. The molecule has 1 aliphatic heterocycles. The summed E-state index contributed by atoms with van der Waals surface area (Å²) in [6, 6.07) is 10.5. The number of hydrogen-bond acceptors (Lipinski definition) is 2. The van der Waals surface area contributed by atoms with Crippen molar-refractivity contribution in [3.05, 3.63) is 35.4 Å². The fourth-order valence-corrected chi connectivity index (χ4v) is 8.71. The molecular formula is C28H41N3O. The Hall–Kier alpha value is -1.55. The number of urea groups is 1. The van der Waals surface area contributed by atoms with Gasteiger partial charge < -0.3 is 15.1 Å². The molecule has 1 heterocycles. The first-order valence-electron chi connectivity index (χ1n) is 13.3. The van der Waals surface area contributed by atoms with Gasteiger partial charge >= 0.3 is 6.03 Å². The van der Waals surface area contributed by atoms with Crippen molar-refractivity contribution in [2.24, 2.45) is 17.3 Å². The molecular weight excluding hydrogens is 394 g/mol. The molecule has 2 amide bonds. The maximum absolute atomic E-state index is 13.2. The number of carbonyl (C=O) groups is 1. The molecule has 1 aromatic carbocycles. The van der Waals surface area contributed by atoms with Crippen LogP contribution >= 0.6 is 0 Å². The van der Waals surface area contributed by atoms with Crippen molar-refractivity contribution in [3.63, 3.8) is 0 Å². The van der Waals surface area contributed by atoms with Crippen LogP contribution in [0.5, 0.6) is 0 Å². The van der Waals surface area contributed by atoms with Crippen molar-refractivity contribution in [2.45, 2.75) is 102 Å². The van der Waals surface area contributed by atoms with Crippen LogP contribution in [0.2, 0.25) is 0 Å². The smallest absolute Gasteiger partial charge is 0.318 e. The van der Waals surface area contributed by atoms with E-state index in [1.165, 1.54) is 56.3 Å². The number of hydrogen-bond donors (Lipinski definition) is 1. The van der Waals surface area contributed by atoms with E-state index in [4.69, 9.17) is 0 Å². The Labute approximate surface area is 194 Å². The summed E-state index contributed by atoms with van der Waals surface area (Å²) in [5.74, 6) is 2.12. The number of benzene rings is 1. The number of fused-ring (bicyclic) bond motifs is 2. The summed E-state index contributed by atoms with van der Waals surface area (Å²) in [7, 11) is 0. The Bertz CT molecular complexity index is 892. The van der Waals surface area contributed by atoms with Crippen LogP contribution in [0.4, 0.5) is 4.79 Å². The van der Waals surface area contributed by atoms with E-state index < -0.39 is 0 Å². The number of piperidine rings is 1. The fraction of sp³-hybridized carbons (Fsp3) is 0.750. The van der Waals surface area contributed by atoms with Crippen LogP contribution in [0.3, 0.4) is 0 Å². The Balaban J connectivity index is 1.16. The zero-order valence-electron chi connectivity index (χ0n) is 20.4. The lowest BCUT2D eigenvalue weighted by atomic mass is 9.65. The van der Waals surface area contributed by atoms with Gasteiger partial charge in [-0.15, -0.1) is 0 Å². The largest absolute Gasteiger partial charge is 0.331 e. The normalized spacial score (nSPS) is 36.6. The average Bonchev–Trinajstić information content (AvgIpc) is 3.32. The Morgan fingerprint density at radius 3 is 2.41 bits per heavy atom. The van der Waals surface area contributed by atoms with E-state index in [1.54, 1.807) is 6.42 Å². The first-order chi connectivity index (χ1) is 15.3. The molecule has 4 fully saturated rings. The Morgan fingerprint density at radius 1 is 1.03 bits per heavy atom. The predicted octanol–water partition coefficient (Wildman–Crippen LogP) is 5.48. The number of amides is 2. The van der Waals surface area contributed by atoms with Crippen LogP contribution in [0, 0.1) is 17.3 Å². The SMILES string of the molecule is CC(C)N(C(=O)N[C@H]1CC2(CCN(C3CC45CC4CC[C@@H]35)CC2)c2ccccc21)C(C)C. The highest BCUT2D eigenvalue weighted by molar-refractivity contribution is 5.75. The highest BCUT2D eigenvalue weighted by Gasteiger charge is 2.71. The summed E-state index contributed by atoms with van der Waals surface area (Å²) in [5.41, 5.74) is 3.93. The first kappa shape index (κ1) is 21.0. The molecule has 2 spiro atoms. The average molecular weight is 436 g/mol. The zero-order valence-corrected chi connectivity index (χ0v) is 20.4. The lowest BCUT2D eigenvalue weighted by Crippen LogP contribution is -2.56. The van der Waals surface area contributed by atoms with Gasteiger partial charge in [0.1, 0.15) is 0 Å². The third-order valence-corrected chi connectivity index (χ3v) is 10.3. The predicted molar refractivity (Wildman–Crippen MR) is 129 cm³/mol. The molecule has 32 heavy (non-hydrogen) atoms. The molecule has 0 aromatic heterocycles. The van der Waals surface area contributed by atoms with Gasteiger partial charge in [-0.05, 0) is 114 Å². The number of nitrogens with zero attached hydrogens (tertiary/aromatic N) is 2. The highest BCUT2D eigenvalue weighted by Crippen LogP contribution is 2.76. The molecule has 4 nitrogen and oxygen atoms in total. The van der Waals surface area contributed by atoms with Gasteiger partial charge in [-0.2, -0.15) is 0 Å². The molecule has 1 saturated heterocycles. The second-order valence-corrected chi connectivity index (χ2v) is 12.3. The number of rotatable bonds is 4. The van der Waals surface area contributed by atoms with Gasteiger partial charge in [-0.25, -0.2) is 4.79 Å². The minimum absolute atomic E-state index is 0.0873. The van der Waals surface area contributed by atoms with E-state index in [0.29, 0.717) is 0 Å². The lowest BCUT2D eigenvalue weighted by Gasteiger charge is -2.53. The van der Waals surface area contributed by atoms with E-state index in [0.717, 1.165) is 29.7 Å². The van der Waals surface area contributed by atoms with Crippen molar-refractivity contribution >= 4 is 6.03 Å². The second-order valence-electron chi connectivity index (χ2n) is 12.3. The quantitative estimate of drug-likeness (QED) is 0.679. The van der Waals surface area contributed by atoms with E-state index in [2.05, 4.69) is 62.2 Å². The molecule has 0 bridgehead atoms. The van der Waals surface area contributed by atoms with Crippen molar-refractivity contribution in [1.29, 1.82) is 0 Å². The first-order valence-corrected chi connectivity index (χ1v) is 13.3. The van der Waals surface area contributed by atoms with Gasteiger partial charge in [-0.1, -0.05) is 24.3 Å². The minimum atomic E-state index is 0.0873. The van der Waals surface area contributed by atoms with Crippen molar-refractivity contribution in [1.82, 2.24) is 15.1 Å². The number of nitrogens with one attached hydrogen (secondary N) is 1. The minimum Gasteiger partial charge on any atom is -0.331 e. The van der Waals surface area contributed by atoms with Crippen molar-refractivity contribution < 1.29 is 4.79 Å². The monoisotopic (exact) mass is 435 g/mol. The summed E-state index contributed by atoms with van der Waals surface area (Å²) < 4.78 is 0. The van der Waals surface area contributed by atoms with Crippen LogP contribution in [-0.4, -0.2) is 47.0 Å². The van der Waals surface area contributed by atoms with E-state index in [9.17, 15) is 4.79 Å². The van der Waals surface area contributed by atoms with Gasteiger partial charge in [0.2, 0.25) is 0 Å². The molecule has 1 aromatic rings. The molecule has 1 N–H and O–H groups in total. The third kappa shape index (κ3) is 2.94. The van der Waals surface area contributed by atoms with Gasteiger partial charge in [0.25, 0.3) is 0 Å². The summed E-state index contributed by atoms with van der Waals surface area (Å²) in [4.78, 5) is 18.0. The molecule has 3 saturated carbocycles. The van der Waals surface area contributed by atoms with E-state index in [1.807, 2.05) is 4.90 Å². The molecule has 3 unspecified atom stereocenters. The molecule has 5 aliphatic rings. The molecule has 4 heteroatoms. The van der Waals surface area contributed by atoms with Crippen LogP contribution < -0.4 is 5.32 Å². The summed E-state index contributed by atoms with van der Waals surface area (Å²) in [6.07, 6.45) is 9.60. The van der Waals surface area contributed by atoms with E-state index in [-0.39, 0.29) is 29.6 Å². The van der Waals surface area contributed by atoms with Gasteiger partial charge in [0, 0.05) is 23.5 Å². The van der Waals surface area contributed by atoms with Crippen molar-refractivity contribution in [2.75, 3.05) is 13.1 Å². The van der Waals surface area contributed by atoms with E-state index >= 15 is 0 Å². The summed E-state index contributed by atoms with van der Waals surface area (Å²) >= 11 is 0. The standard InChI is InChI=1S/C28H41N3O/c1-18(2)31(19(3)4)26(32)29-24-16-27(22-8-6-5-7-21(22)24)11-13-30(14-12-27)25-17-28-15-20(28)9-10-23(25)28/h5-8,18-20,23-25H,9-17H2,1-4H3,(H,29,32)/t20?,23-,24-,25?,28?/m0/s1. The topological polar surface area (TPSA) is 35.6 Å². The van der Waals surface area contributed by atoms with Crippen LogP contribution in [0.1, 0.15) is 89.8 Å². The van der Waals surface area contributed by atoms with Crippen LogP contribution in [0.15, 0.2) is 24.3 Å².